The van der Waals surface area contributed by atoms with Crippen LogP contribution in [0.15, 0.2) is 18.2 Å². The molecule has 0 radical (unpaired) electrons. The summed E-state index contributed by atoms with van der Waals surface area (Å²) in [5, 5.41) is 21.1. The van der Waals surface area contributed by atoms with Crippen LogP contribution in [0.5, 0.6) is 5.75 Å². The zero-order valence-corrected chi connectivity index (χ0v) is 10.6. The van der Waals surface area contributed by atoms with Crippen molar-refractivity contribution < 1.29 is 19.7 Å². The molecule has 1 unspecified atom stereocenters. The Hall–Kier alpha value is -1.59. The minimum atomic E-state index is -0.242. The van der Waals surface area contributed by atoms with Crippen LogP contribution in [0.3, 0.4) is 0 Å². The Labute approximate surface area is 106 Å². The van der Waals surface area contributed by atoms with Crippen molar-refractivity contribution in [2.75, 3.05) is 20.3 Å². The number of hydrogen-bond donors (Lipinski definition) is 3. The highest BCUT2D eigenvalue weighted by Gasteiger charge is 2.13. The molecule has 0 aliphatic heterocycles. The van der Waals surface area contributed by atoms with Gasteiger partial charge in [0.2, 0.25) is 0 Å². The lowest BCUT2D eigenvalue weighted by atomic mass is 10.1. The van der Waals surface area contributed by atoms with Crippen LogP contribution in [0, 0.1) is 6.92 Å². The van der Waals surface area contributed by atoms with Gasteiger partial charge in [-0.1, -0.05) is 0 Å². The fraction of sp³-hybridized carbons (Fsp3) is 0.462. The molecule has 1 aromatic carbocycles. The van der Waals surface area contributed by atoms with E-state index in [1.165, 1.54) is 6.07 Å². The van der Waals surface area contributed by atoms with Gasteiger partial charge in [0, 0.05) is 19.3 Å². The lowest BCUT2D eigenvalue weighted by molar-refractivity contribution is 0.0878. The lowest BCUT2D eigenvalue weighted by Crippen LogP contribution is -2.38. The maximum absolute atomic E-state index is 11.9. The lowest BCUT2D eigenvalue weighted by Gasteiger charge is -2.17. The Balaban J connectivity index is 2.70. The minimum absolute atomic E-state index is 0.0110. The van der Waals surface area contributed by atoms with Crippen molar-refractivity contribution in [3.05, 3.63) is 29.3 Å². The number of benzene rings is 1. The van der Waals surface area contributed by atoms with Crippen molar-refractivity contribution in [2.24, 2.45) is 0 Å². The van der Waals surface area contributed by atoms with E-state index in [4.69, 9.17) is 9.84 Å². The van der Waals surface area contributed by atoms with Crippen LogP contribution in [0.1, 0.15) is 22.3 Å². The van der Waals surface area contributed by atoms with Crippen LogP contribution < -0.4 is 5.32 Å². The van der Waals surface area contributed by atoms with Crippen molar-refractivity contribution in [3.63, 3.8) is 0 Å². The zero-order chi connectivity index (χ0) is 13.5. The van der Waals surface area contributed by atoms with E-state index in [0.29, 0.717) is 24.2 Å². The second-order valence-corrected chi connectivity index (χ2v) is 4.14. The van der Waals surface area contributed by atoms with Gasteiger partial charge in [-0.2, -0.15) is 0 Å². The van der Waals surface area contributed by atoms with Crippen LogP contribution in [0.25, 0.3) is 0 Å². The molecule has 1 aromatic rings. The summed E-state index contributed by atoms with van der Waals surface area (Å²) in [6.45, 7) is 2.07. The van der Waals surface area contributed by atoms with Crippen molar-refractivity contribution in [2.45, 2.75) is 19.4 Å². The number of aliphatic hydroxyl groups is 1. The molecule has 0 fully saturated rings. The average Bonchev–Trinajstić information content (AvgIpc) is 2.33. The van der Waals surface area contributed by atoms with Crippen molar-refractivity contribution >= 4 is 5.91 Å². The largest absolute Gasteiger partial charge is 0.508 e. The first kappa shape index (κ1) is 14.5. The van der Waals surface area contributed by atoms with Gasteiger partial charge in [-0.15, -0.1) is 0 Å². The van der Waals surface area contributed by atoms with Gasteiger partial charge in [-0.05, 0) is 37.1 Å². The average molecular weight is 253 g/mol. The number of amides is 1. The first-order valence-electron chi connectivity index (χ1n) is 5.78. The molecule has 0 aliphatic carbocycles. The zero-order valence-electron chi connectivity index (χ0n) is 10.6. The first-order valence-corrected chi connectivity index (χ1v) is 5.78. The molecule has 1 rings (SSSR count). The highest BCUT2D eigenvalue weighted by Crippen LogP contribution is 2.16. The molecule has 5 heteroatoms. The number of phenolic OH excluding ortho intramolecular Hbond substituents is 1. The number of ether oxygens (including phenoxy) is 1. The van der Waals surface area contributed by atoms with Crippen molar-refractivity contribution in [3.8, 4) is 5.75 Å². The second-order valence-electron chi connectivity index (χ2n) is 4.14. The molecule has 0 saturated carbocycles. The standard InChI is InChI=1S/C13H19NO4/c1-9-7-10(3-4-12(9)16)13(17)14-11(5-6-15)8-18-2/h3-4,7,11,15-16H,5-6,8H2,1-2H3,(H,14,17). The Morgan fingerprint density at radius 3 is 2.78 bits per heavy atom. The number of aromatic hydroxyl groups is 1. The van der Waals surface area contributed by atoms with E-state index < -0.39 is 0 Å². The molecule has 0 bridgehead atoms. The topological polar surface area (TPSA) is 78.8 Å². The molecule has 1 amide bonds. The van der Waals surface area contributed by atoms with Gasteiger partial charge in [0.1, 0.15) is 5.75 Å². The van der Waals surface area contributed by atoms with E-state index >= 15 is 0 Å². The van der Waals surface area contributed by atoms with E-state index in [9.17, 15) is 9.90 Å². The summed E-state index contributed by atoms with van der Waals surface area (Å²) in [7, 11) is 1.54. The van der Waals surface area contributed by atoms with Gasteiger partial charge >= 0.3 is 0 Å². The molecule has 18 heavy (non-hydrogen) atoms. The summed E-state index contributed by atoms with van der Waals surface area (Å²) in [5.74, 6) is -0.0797. The number of phenols is 1. The number of aryl methyl sites for hydroxylation is 1. The van der Waals surface area contributed by atoms with Gasteiger partial charge in [0.25, 0.3) is 5.91 Å². The van der Waals surface area contributed by atoms with Crippen LogP contribution in [-0.2, 0) is 4.74 Å². The first-order chi connectivity index (χ1) is 8.58. The Morgan fingerprint density at radius 2 is 2.22 bits per heavy atom. The SMILES string of the molecule is COCC(CCO)NC(=O)c1ccc(O)c(C)c1. The third kappa shape index (κ3) is 4.01. The molecule has 0 saturated heterocycles. The third-order valence-corrected chi connectivity index (χ3v) is 2.64. The fourth-order valence-corrected chi connectivity index (χ4v) is 1.62. The number of rotatable bonds is 6. The van der Waals surface area contributed by atoms with E-state index in [1.807, 2.05) is 0 Å². The number of methoxy groups -OCH3 is 1. The maximum Gasteiger partial charge on any atom is 0.251 e. The molecule has 3 N–H and O–H groups in total. The third-order valence-electron chi connectivity index (χ3n) is 2.64. The Morgan fingerprint density at radius 1 is 1.50 bits per heavy atom. The normalized spacial score (nSPS) is 12.2. The van der Waals surface area contributed by atoms with E-state index in [-0.39, 0.29) is 24.3 Å². The quantitative estimate of drug-likeness (QED) is 0.701. The molecular formula is C13H19NO4. The van der Waals surface area contributed by atoms with Gasteiger partial charge in [-0.3, -0.25) is 4.79 Å². The summed E-state index contributed by atoms with van der Waals surface area (Å²) in [5.41, 5.74) is 1.12. The van der Waals surface area contributed by atoms with Gasteiger partial charge in [-0.25, -0.2) is 0 Å². The smallest absolute Gasteiger partial charge is 0.251 e. The van der Waals surface area contributed by atoms with Crippen LogP contribution >= 0.6 is 0 Å². The van der Waals surface area contributed by atoms with Gasteiger partial charge in [0.05, 0.1) is 12.6 Å². The molecule has 1 atom stereocenters. The molecule has 0 spiro atoms. The van der Waals surface area contributed by atoms with Crippen LogP contribution in [-0.4, -0.2) is 42.5 Å². The molecule has 0 aromatic heterocycles. The van der Waals surface area contributed by atoms with Gasteiger partial charge in [0.15, 0.2) is 0 Å². The predicted molar refractivity (Wildman–Crippen MR) is 67.7 cm³/mol. The van der Waals surface area contributed by atoms with E-state index in [0.717, 1.165) is 0 Å². The van der Waals surface area contributed by atoms with Crippen molar-refractivity contribution in [1.82, 2.24) is 5.32 Å². The predicted octanol–water partition coefficient (Wildman–Crippen LogP) is 0.828. The summed E-state index contributed by atoms with van der Waals surface area (Å²) in [6, 6.07) is 4.44. The maximum atomic E-state index is 11.9. The van der Waals surface area contributed by atoms with Crippen molar-refractivity contribution in [1.29, 1.82) is 0 Å². The molecule has 0 heterocycles. The van der Waals surface area contributed by atoms with Crippen LogP contribution in [0.2, 0.25) is 0 Å². The number of nitrogens with one attached hydrogen (secondary N) is 1. The van der Waals surface area contributed by atoms with E-state index in [2.05, 4.69) is 5.32 Å². The number of carbonyl (C=O) groups excluding carboxylic acids is 1. The molecular weight excluding hydrogens is 234 g/mol. The number of hydrogen-bond acceptors (Lipinski definition) is 4. The van der Waals surface area contributed by atoms with Gasteiger partial charge < -0.3 is 20.3 Å². The number of carbonyl (C=O) groups is 1. The summed E-state index contributed by atoms with van der Waals surface area (Å²) >= 11 is 0. The molecule has 100 valence electrons. The fourth-order valence-electron chi connectivity index (χ4n) is 1.62. The monoisotopic (exact) mass is 253 g/mol. The number of aliphatic hydroxyl groups excluding tert-OH is 1. The Kier molecular flexibility index (Phi) is 5.61. The Bertz CT molecular complexity index is 400. The summed E-state index contributed by atoms with van der Waals surface area (Å²) < 4.78 is 4.97. The minimum Gasteiger partial charge on any atom is -0.508 e. The van der Waals surface area contributed by atoms with Crippen LogP contribution in [0.4, 0.5) is 0 Å². The summed E-state index contributed by atoms with van der Waals surface area (Å²) in [6.07, 6.45) is 0.441. The summed E-state index contributed by atoms with van der Waals surface area (Å²) in [4.78, 5) is 11.9. The highest BCUT2D eigenvalue weighted by molar-refractivity contribution is 5.94. The second kappa shape index (κ2) is 6.98. The molecule has 5 nitrogen and oxygen atoms in total. The van der Waals surface area contributed by atoms with E-state index in [1.54, 1.807) is 26.2 Å². The molecule has 0 aliphatic rings. The highest BCUT2D eigenvalue weighted by atomic mass is 16.5.